The van der Waals surface area contributed by atoms with Crippen molar-refractivity contribution in [3.63, 3.8) is 0 Å². The largest absolute Gasteiger partial charge is 1.00 e. The molecule has 0 spiro atoms. The monoisotopic (exact) mass is 245 g/mol. The molecule has 0 unspecified atom stereocenters. The van der Waals surface area contributed by atoms with Crippen molar-refractivity contribution in [1.29, 1.82) is 0 Å². The Kier molecular flexibility index (Phi) is 6.82. The van der Waals surface area contributed by atoms with Crippen molar-refractivity contribution in [1.82, 2.24) is 0 Å². The van der Waals surface area contributed by atoms with Crippen molar-refractivity contribution in [3.05, 3.63) is 30.1 Å². The van der Waals surface area contributed by atoms with Crippen LogP contribution in [0.1, 0.15) is 19.0 Å². The highest BCUT2D eigenvalue weighted by Gasteiger charge is 2.05. The average molecular weight is 246 g/mol. The summed E-state index contributed by atoms with van der Waals surface area (Å²) < 4.78 is 2.10. The molecule has 0 radical (unpaired) electrons. The Hall–Kier alpha value is -0.410. The van der Waals surface area contributed by atoms with Gasteiger partial charge in [0.1, 0.15) is 6.61 Å². The number of aryl methyl sites for hydroxylation is 1. The van der Waals surface area contributed by atoms with Gasteiger partial charge < -0.3 is 22.1 Å². The Labute approximate surface area is 90.0 Å². The lowest BCUT2D eigenvalue weighted by atomic mass is 10.2. The third-order valence-corrected chi connectivity index (χ3v) is 1.88. The van der Waals surface area contributed by atoms with E-state index >= 15 is 0 Å². The molecule has 0 bridgehead atoms. The van der Waals surface area contributed by atoms with Gasteiger partial charge in [0.2, 0.25) is 0 Å². The van der Waals surface area contributed by atoms with Gasteiger partial charge in [-0.05, 0) is 6.42 Å². The molecule has 1 N–H and O–H groups in total. The smallest absolute Gasteiger partial charge is 0.181 e. The van der Waals surface area contributed by atoms with Crippen LogP contribution in [0.3, 0.4) is 0 Å². The third-order valence-electron chi connectivity index (χ3n) is 1.88. The second-order valence-electron chi connectivity index (χ2n) is 2.86. The molecule has 0 saturated carbocycles. The summed E-state index contributed by atoms with van der Waals surface area (Å²) in [6.07, 6.45) is 4.25. The summed E-state index contributed by atoms with van der Waals surface area (Å²) >= 11 is 0. The van der Waals surface area contributed by atoms with E-state index in [0.29, 0.717) is 6.54 Å². The van der Waals surface area contributed by atoms with E-state index in [1.807, 2.05) is 18.3 Å². The lowest BCUT2D eigenvalue weighted by Gasteiger charge is -1.99. The number of rotatable bonds is 4. The summed E-state index contributed by atoms with van der Waals surface area (Å²) in [5, 5.41) is 8.79. The second-order valence-corrected chi connectivity index (χ2v) is 2.86. The highest BCUT2D eigenvalue weighted by atomic mass is 79.9. The maximum absolute atomic E-state index is 8.79. The van der Waals surface area contributed by atoms with Crippen molar-refractivity contribution < 1.29 is 26.7 Å². The Morgan fingerprint density at radius 2 is 2.15 bits per heavy atom. The number of aliphatic hydroxyl groups is 1. The molecule has 1 heterocycles. The molecule has 0 aliphatic rings. The fourth-order valence-electron chi connectivity index (χ4n) is 1.32. The van der Waals surface area contributed by atoms with E-state index in [0.717, 1.165) is 12.8 Å². The van der Waals surface area contributed by atoms with E-state index in [-0.39, 0.29) is 23.6 Å². The van der Waals surface area contributed by atoms with Gasteiger partial charge in [-0.15, -0.1) is 0 Å². The highest BCUT2D eigenvalue weighted by Crippen LogP contribution is 1.95. The molecule has 1 rings (SSSR count). The first-order chi connectivity index (χ1) is 5.88. The summed E-state index contributed by atoms with van der Waals surface area (Å²) in [6.45, 7) is 3.08. The molecule has 0 fully saturated rings. The first-order valence-corrected chi connectivity index (χ1v) is 4.46. The van der Waals surface area contributed by atoms with Crippen LogP contribution in [0.5, 0.6) is 0 Å². The van der Waals surface area contributed by atoms with Crippen LogP contribution in [-0.4, -0.2) is 11.7 Å². The number of hydrogen-bond acceptors (Lipinski definition) is 1. The quantitative estimate of drug-likeness (QED) is 0.606. The van der Waals surface area contributed by atoms with Crippen LogP contribution in [0.25, 0.3) is 0 Å². The van der Waals surface area contributed by atoms with Gasteiger partial charge in [0.15, 0.2) is 18.4 Å². The van der Waals surface area contributed by atoms with Crippen LogP contribution in [-0.2, 0) is 13.0 Å². The minimum Gasteiger partial charge on any atom is -1.00 e. The van der Waals surface area contributed by atoms with E-state index < -0.39 is 0 Å². The van der Waals surface area contributed by atoms with E-state index in [1.165, 1.54) is 5.69 Å². The molecule has 0 atom stereocenters. The van der Waals surface area contributed by atoms with E-state index in [9.17, 15) is 0 Å². The molecule has 0 amide bonds. The molecule has 74 valence electrons. The molecule has 3 heteroatoms. The summed E-state index contributed by atoms with van der Waals surface area (Å²) in [5.41, 5.74) is 1.30. The zero-order chi connectivity index (χ0) is 8.81. The van der Waals surface area contributed by atoms with Gasteiger partial charge >= 0.3 is 0 Å². The van der Waals surface area contributed by atoms with Crippen molar-refractivity contribution in [3.8, 4) is 0 Å². The van der Waals surface area contributed by atoms with Crippen molar-refractivity contribution >= 4 is 0 Å². The van der Waals surface area contributed by atoms with Crippen LogP contribution >= 0.6 is 0 Å². The Morgan fingerprint density at radius 3 is 2.77 bits per heavy atom. The van der Waals surface area contributed by atoms with Gasteiger partial charge in [-0.2, -0.15) is 0 Å². The first kappa shape index (κ1) is 12.6. The topological polar surface area (TPSA) is 24.1 Å². The summed E-state index contributed by atoms with van der Waals surface area (Å²) in [7, 11) is 0. The van der Waals surface area contributed by atoms with Gasteiger partial charge in [-0.1, -0.05) is 13.0 Å². The van der Waals surface area contributed by atoms with Gasteiger partial charge in [0.05, 0.1) is 0 Å². The van der Waals surface area contributed by atoms with Crippen LogP contribution in [0.4, 0.5) is 0 Å². The minimum absolute atomic E-state index is 0. The van der Waals surface area contributed by atoms with Crippen LogP contribution < -0.4 is 21.5 Å². The highest BCUT2D eigenvalue weighted by molar-refractivity contribution is 4.96. The van der Waals surface area contributed by atoms with Gasteiger partial charge in [0.25, 0.3) is 0 Å². The minimum atomic E-state index is 0. The van der Waals surface area contributed by atoms with Crippen LogP contribution in [0.15, 0.2) is 24.4 Å². The molecule has 0 saturated heterocycles. The van der Waals surface area contributed by atoms with E-state index in [1.54, 1.807) is 0 Å². The number of aliphatic hydroxyl groups excluding tert-OH is 1. The predicted molar refractivity (Wildman–Crippen MR) is 47.7 cm³/mol. The van der Waals surface area contributed by atoms with Gasteiger partial charge in [0, 0.05) is 18.6 Å². The Balaban J connectivity index is 0.00000144. The molecule has 2 nitrogen and oxygen atoms in total. The molecule has 0 aromatic carbocycles. The zero-order valence-electron chi connectivity index (χ0n) is 7.91. The molecular weight excluding hydrogens is 230 g/mol. The number of nitrogens with zero attached hydrogens (tertiary/aromatic N) is 1. The fourth-order valence-corrected chi connectivity index (χ4v) is 1.32. The SMILES string of the molecule is CCCc1cccc[n+]1CCO.[Br-]. The van der Waals surface area contributed by atoms with E-state index in [2.05, 4.69) is 17.6 Å². The maximum atomic E-state index is 8.79. The number of aromatic nitrogens is 1. The zero-order valence-corrected chi connectivity index (χ0v) is 9.50. The molecule has 0 aliphatic carbocycles. The van der Waals surface area contributed by atoms with Crippen LogP contribution in [0.2, 0.25) is 0 Å². The first-order valence-electron chi connectivity index (χ1n) is 4.46. The molecular formula is C10H16BrNO. The molecule has 13 heavy (non-hydrogen) atoms. The van der Waals surface area contributed by atoms with Crippen molar-refractivity contribution in [2.75, 3.05) is 6.61 Å². The summed E-state index contributed by atoms with van der Waals surface area (Å²) in [5.74, 6) is 0. The number of pyridine rings is 1. The lowest BCUT2D eigenvalue weighted by Crippen LogP contribution is -3.00. The summed E-state index contributed by atoms with van der Waals surface area (Å²) in [6, 6.07) is 6.15. The lowest BCUT2D eigenvalue weighted by molar-refractivity contribution is -0.705. The third kappa shape index (κ3) is 3.87. The molecule has 1 aromatic heterocycles. The Morgan fingerprint density at radius 1 is 1.38 bits per heavy atom. The standard InChI is InChI=1S/C10H16NO.BrH/c1-2-5-10-6-3-4-7-11(10)8-9-12;/h3-4,6-7,12H,2,5,8-9H2,1H3;1H/q+1;/p-1. The Bertz CT molecular complexity index is 215. The van der Waals surface area contributed by atoms with E-state index in [4.69, 9.17) is 5.11 Å². The number of hydrogen-bond donors (Lipinski definition) is 1. The molecule has 1 aromatic rings. The fraction of sp³-hybridized carbons (Fsp3) is 0.500. The second kappa shape index (κ2) is 7.04. The maximum Gasteiger partial charge on any atom is 0.181 e. The van der Waals surface area contributed by atoms with Crippen LogP contribution in [0, 0.1) is 0 Å². The normalized spacial score (nSPS) is 9.38. The van der Waals surface area contributed by atoms with Gasteiger partial charge in [-0.3, -0.25) is 0 Å². The average Bonchev–Trinajstić information content (AvgIpc) is 2.09. The predicted octanol–water partition coefficient (Wildman–Crippen LogP) is -2.08. The van der Waals surface area contributed by atoms with Crippen molar-refractivity contribution in [2.24, 2.45) is 0 Å². The molecule has 0 aliphatic heterocycles. The van der Waals surface area contributed by atoms with Gasteiger partial charge in [-0.25, -0.2) is 4.57 Å². The van der Waals surface area contributed by atoms with Crippen molar-refractivity contribution in [2.45, 2.75) is 26.3 Å². The summed E-state index contributed by atoms with van der Waals surface area (Å²) in [4.78, 5) is 0. The number of halogens is 1.